The van der Waals surface area contributed by atoms with E-state index in [1.807, 2.05) is 27.7 Å². The fraction of sp³-hybridized carbons (Fsp3) is 0.562. The Balaban J connectivity index is 2.54. The molecule has 2 nitrogen and oxygen atoms in total. The van der Waals surface area contributed by atoms with Crippen molar-refractivity contribution in [2.24, 2.45) is 0 Å². The first-order chi connectivity index (χ1) is 8.67. The van der Waals surface area contributed by atoms with Crippen LogP contribution < -0.4 is 5.32 Å². The molecule has 0 spiro atoms. The van der Waals surface area contributed by atoms with Crippen molar-refractivity contribution in [3.63, 3.8) is 0 Å². The molecule has 106 valence electrons. The van der Waals surface area contributed by atoms with Gasteiger partial charge in [-0.3, -0.25) is 4.79 Å². The fourth-order valence-corrected chi connectivity index (χ4v) is 2.74. The number of aryl methyl sites for hydroxylation is 2. The van der Waals surface area contributed by atoms with E-state index in [1.165, 1.54) is 16.7 Å². The zero-order chi connectivity index (χ0) is 14.6. The maximum absolute atomic E-state index is 12.0. The van der Waals surface area contributed by atoms with Gasteiger partial charge in [-0.1, -0.05) is 29.3 Å². The van der Waals surface area contributed by atoms with Crippen molar-refractivity contribution in [1.82, 2.24) is 5.32 Å². The summed E-state index contributed by atoms with van der Waals surface area (Å²) in [5.74, 6) is 0.989. The monoisotopic (exact) mass is 279 g/mol. The molecule has 1 unspecified atom stereocenters. The van der Waals surface area contributed by atoms with E-state index >= 15 is 0 Å². The Labute approximate surface area is 121 Å². The average Bonchev–Trinajstić information content (AvgIpc) is 2.22. The molecule has 0 aliphatic carbocycles. The normalized spacial score (nSPS) is 13.2. The standard InChI is InChI=1S/C16H25NOS/c1-11-7-12(2)9-14(8-11)10-19-13(3)15(18)17-16(4,5)6/h7-9,13H,10H2,1-6H3,(H,17,18). The number of rotatable bonds is 4. The Kier molecular flexibility index (Phi) is 5.48. The van der Waals surface area contributed by atoms with Gasteiger partial charge in [0.05, 0.1) is 5.25 Å². The van der Waals surface area contributed by atoms with Crippen LogP contribution in [0.1, 0.15) is 44.4 Å². The number of thioether (sulfide) groups is 1. The first-order valence-electron chi connectivity index (χ1n) is 6.68. The highest BCUT2D eigenvalue weighted by atomic mass is 32.2. The maximum atomic E-state index is 12.0. The number of nitrogens with one attached hydrogen (secondary N) is 1. The summed E-state index contributed by atoms with van der Waals surface area (Å²) in [6, 6.07) is 6.55. The minimum atomic E-state index is -0.161. The maximum Gasteiger partial charge on any atom is 0.233 e. The second kappa shape index (κ2) is 6.47. The molecule has 19 heavy (non-hydrogen) atoms. The Morgan fingerprint density at radius 2 is 1.74 bits per heavy atom. The number of amides is 1. The molecule has 0 aliphatic heterocycles. The van der Waals surface area contributed by atoms with Crippen molar-refractivity contribution in [3.05, 3.63) is 34.9 Å². The van der Waals surface area contributed by atoms with E-state index < -0.39 is 0 Å². The molecule has 3 heteroatoms. The molecule has 0 bridgehead atoms. The molecule has 1 amide bonds. The van der Waals surface area contributed by atoms with Crippen LogP contribution in [-0.2, 0) is 10.5 Å². The summed E-state index contributed by atoms with van der Waals surface area (Å²) in [7, 11) is 0. The third kappa shape index (κ3) is 6.15. The topological polar surface area (TPSA) is 29.1 Å². The molecule has 1 atom stereocenters. The third-order valence-corrected chi connectivity index (χ3v) is 3.86. The van der Waals surface area contributed by atoms with Gasteiger partial charge in [-0.2, -0.15) is 0 Å². The second-order valence-electron chi connectivity index (χ2n) is 6.19. The Morgan fingerprint density at radius 3 is 2.21 bits per heavy atom. The summed E-state index contributed by atoms with van der Waals surface area (Å²) in [5.41, 5.74) is 3.69. The summed E-state index contributed by atoms with van der Waals surface area (Å²) < 4.78 is 0. The molecule has 0 aromatic heterocycles. The van der Waals surface area contributed by atoms with Crippen molar-refractivity contribution in [2.75, 3.05) is 0 Å². The van der Waals surface area contributed by atoms with Crippen molar-refractivity contribution < 1.29 is 4.79 Å². The van der Waals surface area contributed by atoms with Crippen LogP contribution in [-0.4, -0.2) is 16.7 Å². The third-order valence-electron chi connectivity index (χ3n) is 2.65. The van der Waals surface area contributed by atoms with Crippen LogP contribution >= 0.6 is 11.8 Å². The van der Waals surface area contributed by atoms with E-state index in [2.05, 4.69) is 37.4 Å². The van der Waals surface area contributed by atoms with Gasteiger partial charge in [0, 0.05) is 11.3 Å². The summed E-state index contributed by atoms with van der Waals surface area (Å²) >= 11 is 1.68. The van der Waals surface area contributed by atoms with E-state index in [9.17, 15) is 4.79 Å². The number of benzene rings is 1. The second-order valence-corrected chi connectivity index (χ2v) is 7.52. The Morgan fingerprint density at radius 1 is 1.21 bits per heavy atom. The highest BCUT2D eigenvalue weighted by Gasteiger charge is 2.19. The van der Waals surface area contributed by atoms with Crippen LogP contribution in [0.3, 0.4) is 0 Å². The summed E-state index contributed by atoms with van der Waals surface area (Å²) in [5, 5.41) is 2.99. The van der Waals surface area contributed by atoms with Crippen LogP contribution in [0.4, 0.5) is 0 Å². The number of carbonyl (C=O) groups is 1. The molecule has 0 heterocycles. The van der Waals surface area contributed by atoms with Crippen molar-refractivity contribution in [2.45, 2.75) is 58.1 Å². The zero-order valence-corrected chi connectivity index (χ0v) is 13.6. The molecule has 1 aromatic carbocycles. The lowest BCUT2D eigenvalue weighted by Crippen LogP contribution is -2.44. The number of carbonyl (C=O) groups excluding carboxylic acids is 1. The predicted octanol–water partition coefficient (Wildman–Crippen LogP) is 3.84. The minimum absolute atomic E-state index is 0.0277. The molecule has 1 aromatic rings. The first-order valence-corrected chi connectivity index (χ1v) is 7.73. The largest absolute Gasteiger partial charge is 0.351 e. The van der Waals surface area contributed by atoms with Crippen LogP contribution in [0, 0.1) is 13.8 Å². The van der Waals surface area contributed by atoms with Gasteiger partial charge in [0.15, 0.2) is 0 Å². The molecular formula is C16H25NOS. The summed E-state index contributed by atoms with van der Waals surface area (Å²) in [6.07, 6.45) is 0. The first kappa shape index (κ1) is 16.1. The fourth-order valence-electron chi connectivity index (χ4n) is 1.92. The highest BCUT2D eigenvalue weighted by Crippen LogP contribution is 2.20. The number of hydrogen-bond donors (Lipinski definition) is 1. The Hall–Kier alpha value is -0.960. The molecular weight excluding hydrogens is 254 g/mol. The SMILES string of the molecule is Cc1cc(C)cc(CSC(C)C(=O)NC(C)(C)C)c1. The van der Waals surface area contributed by atoms with E-state index in [-0.39, 0.29) is 16.7 Å². The molecule has 0 fully saturated rings. The minimum Gasteiger partial charge on any atom is -0.351 e. The van der Waals surface area contributed by atoms with Gasteiger partial charge < -0.3 is 5.32 Å². The van der Waals surface area contributed by atoms with Gasteiger partial charge in [0.25, 0.3) is 0 Å². The molecule has 0 saturated heterocycles. The lowest BCUT2D eigenvalue weighted by molar-refractivity contribution is -0.121. The van der Waals surface area contributed by atoms with E-state index in [0.717, 1.165) is 5.75 Å². The van der Waals surface area contributed by atoms with Gasteiger partial charge in [-0.15, -0.1) is 11.8 Å². The smallest absolute Gasteiger partial charge is 0.233 e. The summed E-state index contributed by atoms with van der Waals surface area (Å²) in [4.78, 5) is 12.0. The molecule has 1 rings (SSSR count). The lowest BCUT2D eigenvalue weighted by atomic mass is 10.1. The lowest BCUT2D eigenvalue weighted by Gasteiger charge is -2.23. The van der Waals surface area contributed by atoms with Crippen molar-refractivity contribution in [3.8, 4) is 0 Å². The summed E-state index contributed by atoms with van der Waals surface area (Å²) in [6.45, 7) is 12.2. The quantitative estimate of drug-likeness (QED) is 0.907. The van der Waals surface area contributed by atoms with Gasteiger partial charge in [0.2, 0.25) is 5.91 Å². The Bertz CT molecular complexity index is 428. The van der Waals surface area contributed by atoms with Gasteiger partial charge in [-0.25, -0.2) is 0 Å². The van der Waals surface area contributed by atoms with Gasteiger partial charge in [0.1, 0.15) is 0 Å². The zero-order valence-electron chi connectivity index (χ0n) is 12.8. The van der Waals surface area contributed by atoms with Gasteiger partial charge in [-0.05, 0) is 47.1 Å². The molecule has 1 N–H and O–H groups in total. The molecule has 0 saturated carbocycles. The van der Waals surface area contributed by atoms with Crippen LogP contribution in [0.25, 0.3) is 0 Å². The van der Waals surface area contributed by atoms with Crippen LogP contribution in [0.15, 0.2) is 18.2 Å². The van der Waals surface area contributed by atoms with E-state index in [4.69, 9.17) is 0 Å². The van der Waals surface area contributed by atoms with E-state index in [0.29, 0.717) is 0 Å². The predicted molar refractivity (Wildman–Crippen MR) is 84.6 cm³/mol. The van der Waals surface area contributed by atoms with Crippen LogP contribution in [0.5, 0.6) is 0 Å². The van der Waals surface area contributed by atoms with Crippen LogP contribution in [0.2, 0.25) is 0 Å². The van der Waals surface area contributed by atoms with Crippen molar-refractivity contribution >= 4 is 17.7 Å². The molecule has 0 radical (unpaired) electrons. The molecule has 0 aliphatic rings. The van der Waals surface area contributed by atoms with E-state index in [1.54, 1.807) is 11.8 Å². The van der Waals surface area contributed by atoms with Crippen molar-refractivity contribution in [1.29, 1.82) is 0 Å². The number of hydrogen-bond acceptors (Lipinski definition) is 2. The highest BCUT2D eigenvalue weighted by molar-refractivity contribution is 7.99. The van der Waals surface area contributed by atoms with Gasteiger partial charge >= 0.3 is 0 Å². The average molecular weight is 279 g/mol.